The molecule has 0 amide bonds. The van der Waals surface area contributed by atoms with E-state index in [2.05, 4.69) is 14.7 Å². The van der Waals surface area contributed by atoms with Crippen LogP contribution in [0.15, 0.2) is 71.1 Å². The van der Waals surface area contributed by atoms with Crippen LogP contribution in [-0.4, -0.2) is 45.9 Å². The number of pyridine rings is 1. The Morgan fingerprint density at radius 1 is 1.07 bits per heavy atom. The fourth-order valence-corrected chi connectivity index (χ4v) is 6.67. The highest BCUT2D eigenvalue weighted by molar-refractivity contribution is 7.92. The van der Waals surface area contributed by atoms with Crippen molar-refractivity contribution in [1.82, 2.24) is 24.1 Å². The van der Waals surface area contributed by atoms with Crippen LogP contribution in [0.25, 0.3) is 38.2 Å². The number of hydrogen-bond acceptors (Lipinski definition) is 9. The van der Waals surface area contributed by atoms with Gasteiger partial charge in [0, 0.05) is 16.6 Å². The molecule has 0 aliphatic heterocycles. The fourth-order valence-electron chi connectivity index (χ4n) is 5.18. The van der Waals surface area contributed by atoms with Gasteiger partial charge < -0.3 is 10.5 Å². The molecule has 11 nitrogen and oxygen atoms in total. The molecule has 214 valence electrons. The highest BCUT2D eigenvalue weighted by Gasteiger charge is 2.26. The first-order chi connectivity index (χ1) is 20.1. The summed E-state index contributed by atoms with van der Waals surface area (Å²) in [4.78, 5) is 23.5. The van der Waals surface area contributed by atoms with E-state index in [0.717, 1.165) is 27.9 Å². The Kier molecular flexibility index (Phi) is 6.70. The van der Waals surface area contributed by atoms with Gasteiger partial charge in [0.25, 0.3) is 5.56 Å². The summed E-state index contributed by atoms with van der Waals surface area (Å²) in [6, 6.07) is 16.2. The van der Waals surface area contributed by atoms with Crippen LogP contribution in [0.2, 0.25) is 0 Å². The smallest absolute Gasteiger partial charge is 0.264 e. The van der Waals surface area contributed by atoms with E-state index in [1.807, 2.05) is 55.6 Å². The molecule has 6 aromatic rings. The second kappa shape index (κ2) is 10.3. The van der Waals surface area contributed by atoms with Crippen molar-refractivity contribution < 1.29 is 13.2 Å². The second-order valence-electron chi connectivity index (χ2n) is 9.91. The average Bonchev–Trinajstić information content (AvgIpc) is 3.54. The zero-order chi connectivity index (χ0) is 29.8. The molecule has 42 heavy (non-hydrogen) atoms. The van der Waals surface area contributed by atoms with Crippen LogP contribution in [-0.2, 0) is 10.0 Å². The van der Waals surface area contributed by atoms with Crippen molar-refractivity contribution >= 4 is 48.7 Å². The Labute approximate surface area is 245 Å². The number of rotatable bonds is 7. The molecule has 3 N–H and O–H groups in total. The number of nitrogens with one attached hydrogen (secondary N) is 1. The molecule has 0 aliphatic rings. The van der Waals surface area contributed by atoms with Gasteiger partial charge in [-0.25, -0.2) is 23.1 Å². The molecule has 4 heterocycles. The van der Waals surface area contributed by atoms with E-state index < -0.39 is 16.1 Å². The summed E-state index contributed by atoms with van der Waals surface area (Å²) in [6.07, 6.45) is 2.44. The van der Waals surface area contributed by atoms with E-state index in [1.165, 1.54) is 24.8 Å². The van der Waals surface area contributed by atoms with Crippen molar-refractivity contribution in [1.29, 1.82) is 0 Å². The van der Waals surface area contributed by atoms with Crippen molar-refractivity contribution in [2.24, 2.45) is 0 Å². The summed E-state index contributed by atoms with van der Waals surface area (Å²) in [7, 11) is -2.13. The normalized spacial score (nSPS) is 12.6. The van der Waals surface area contributed by atoms with Gasteiger partial charge in [-0.05, 0) is 49.2 Å². The molecule has 2 aromatic carbocycles. The largest absolute Gasteiger partial charge is 0.495 e. The number of ether oxygens (including phenoxy) is 1. The van der Waals surface area contributed by atoms with Crippen LogP contribution in [0.5, 0.6) is 5.75 Å². The highest BCUT2D eigenvalue weighted by Crippen LogP contribution is 2.38. The number of nitrogens with zero attached hydrogens (tertiary/aromatic N) is 5. The Morgan fingerprint density at radius 3 is 2.55 bits per heavy atom. The van der Waals surface area contributed by atoms with Crippen molar-refractivity contribution in [3.8, 4) is 28.1 Å². The van der Waals surface area contributed by atoms with E-state index in [1.54, 1.807) is 27.3 Å². The van der Waals surface area contributed by atoms with Crippen molar-refractivity contribution in [2.75, 3.05) is 23.8 Å². The molecule has 1 atom stereocenters. The maximum Gasteiger partial charge on any atom is 0.264 e. The minimum Gasteiger partial charge on any atom is -0.495 e. The summed E-state index contributed by atoms with van der Waals surface area (Å²) < 4.78 is 35.4. The molecule has 0 aliphatic carbocycles. The second-order valence-corrected chi connectivity index (χ2v) is 12.6. The SMILES string of the molecule is COc1ccc(-c2nn(C(C)c3cc4scc(C)n4c(=O)c3-c3ccccc3)c3ncnc(N)c23)cc1NS(C)(=O)=O. The zero-order valence-corrected chi connectivity index (χ0v) is 24.8. The minimum atomic E-state index is -3.59. The van der Waals surface area contributed by atoms with E-state index in [9.17, 15) is 13.2 Å². The monoisotopic (exact) mass is 601 g/mol. The van der Waals surface area contributed by atoms with Gasteiger partial charge in [0.15, 0.2) is 5.65 Å². The number of thiazole rings is 1. The first-order valence-corrected chi connectivity index (χ1v) is 15.7. The van der Waals surface area contributed by atoms with Gasteiger partial charge in [-0.3, -0.25) is 13.9 Å². The van der Waals surface area contributed by atoms with E-state index >= 15 is 0 Å². The number of nitrogens with two attached hydrogens (primary N) is 1. The summed E-state index contributed by atoms with van der Waals surface area (Å²) in [5, 5.41) is 7.42. The van der Waals surface area contributed by atoms with E-state index in [-0.39, 0.29) is 17.1 Å². The molecule has 1 unspecified atom stereocenters. The maximum absolute atomic E-state index is 14.0. The lowest BCUT2D eigenvalue weighted by atomic mass is 9.97. The third kappa shape index (κ3) is 4.65. The molecule has 6 rings (SSSR count). The summed E-state index contributed by atoms with van der Waals surface area (Å²) in [5.41, 5.74) is 11.0. The number of sulfonamides is 1. The maximum atomic E-state index is 14.0. The molecular formula is C29H27N7O4S2. The Bertz CT molecular complexity index is 2150. The molecule has 13 heteroatoms. The molecule has 0 fully saturated rings. The first-order valence-electron chi connectivity index (χ1n) is 12.9. The van der Waals surface area contributed by atoms with Crippen LogP contribution in [0.4, 0.5) is 11.5 Å². The third-order valence-corrected chi connectivity index (χ3v) is 8.67. The van der Waals surface area contributed by atoms with E-state index in [0.29, 0.717) is 33.6 Å². The number of methoxy groups -OCH3 is 1. The summed E-state index contributed by atoms with van der Waals surface area (Å²) >= 11 is 1.50. The van der Waals surface area contributed by atoms with Gasteiger partial charge >= 0.3 is 0 Å². The summed E-state index contributed by atoms with van der Waals surface area (Å²) in [5.74, 6) is 0.563. The number of aromatic nitrogens is 5. The average molecular weight is 602 g/mol. The molecule has 0 radical (unpaired) electrons. The van der Waals surface area contributed by atoms with Gasteiger partial charge in [0.1, 0.15) is 28.4 Å². The van der Waals surface area contributed by atoms with Crippen LogP contribution >= 0.6 is 11.3 Å². The quantitative estimate of drug-likeness (QED) is 0.267. The Hall–Kier alpha value is -4.75. The standard InChI is InChI=1S/C29H27N7O4S2/c1-16-14-41-23-13-20(24(29(37)35(16)23)18-8-6-5-7-9-18)17(2)36-28-25(27(30)31-15-32-28)26(33-36)19-10-11-22(40-3)21(12-19)34-42(4,38)39/h5-15,17,34H,1-4H3,(H2,30,31,32). The lowest BCUT2D eigenvalue weighted by Gasteiger charge is -2.18. The van der Waals surface area contributed by atoms with Gasteiger partial charge in [-0.1, -0.05) is 30.3 Å². The molecule has 0 bridgehead atoms. The van der Waals surface area contributed by atoms with Crippen molar-refractivity contribution in [2.45, 2.75) is 19.9 Å². The molecular weight excluding hydrogens is 574 g/mol. The number of fused-ring (bicyclic) bond motifs is 2. The Morgan fingerprint density at radius 2 is 1.83 bits per heavy atom. The lowest BCUT2D eigenvalue weighted by Crippen LogP contribution is -2.21. The van der Waals surface area contributed by atoms with Crippen molar-refractivity contribution in [3.05, 3.63) is 87.9 Å². The van der Waals surface area contributed by atoms with Crippen molar-refractivity contribution in [3.63, 3.8) is 0 Å². The number of hydrogen-bond donors (Lipinski definition) is 2. The van der Waals surface area contributed by atoms with Gasteiger partial charge in [-0.15, -0.1) is 11.3 Å². The van der Waals surface area contributed by atoms with E-state index in [4.69, 9.17) is 15.6 Å². The third-order valence-electron chi connectivity index (χ3n) is 7.07. The predicted molar refractivity (Wildman–Crippen MR) is 166 cm³/mol. The topological polar surface area (TPSA) is 146 Å². The zero-order valence-electron chi connectivity index (χ0n) is 23.2. The predicted octanol–water partition coefficient (Wildman–Crippen LogP) is 4.71. The molecule has 0 spiro atoms. The number of benzene rings is 2. The number of anilines is 2. The fraction of sp³-hybridized carbons (Fsp3) is 0.172. The number of aryl methyl sites for hydroxylation is 1. The first kappa shape index (κ1) is 27.4. The molecule has 0 saturated carbocycles. The minimum absolute atomic E-state index is 0.114. The highest BCUT2D eigenvalue weighted by atomic mass is 32.2. The van der Waals surface area contributed by atoms with Crippen LogP contribution in [0, 0.1) is 6.92 Å². The lowest BCUT2D eigenvalue weighted by molar-refractivity contribution is 0.417. The van der Waals surface area contributed by atoms with Crippen LogP contribution < -0.4 is 20.8 Å². The summed E-state index contributed by atoms with van der Waals surface area (Å²) in [6.45, 7) is 3.87. The van der Waals surface area contributed by atoms with Crippen LogP contribution in [0.1, 0.15) is 24.2 Å². The molecule has 0 saturated heterocycles. The van der Waals surface area contributed by atoms with Crippen LogP contribution in [0.3, 0.4) is 0 Å². The van der Waals surface area contributed by atoms with Gasteiger partial charge in [0.05, 0.1) is 36.0 Å². The number of nitrogen functional groups attached to an aromatic ring is 1. The van der Waals surface area contributed by atoms with Gasteiger partial charge in [0.2, 0.25) is 10.0 Å². The Balaban J connectivity index is 1.60. The van der Waals surface area contributed by atoms with Gasteiger partial charge in [-0.2, -0.15) is 5.10 Å². The molecule has 4 aromatic heterocycles.